The molecule has 0 bridgehead atoms. The lowest BCUT2D eigenvalue weighted by Crippen LogP contribution is -3.63. The molecule has 71 heavy (non-hydrogen) atoms. The molecule has 0 spiro atoms. The number of benzene rings is 2. The van der Waals surface area contributed by atoms with Gasteiger partial charge >= 0.3 is 102 Å². The summed E-state index contributed by atoms with van der Waals surface area (Å²) >= 11 is 0.651. The molecule has 2 aromatic heterocycles. The first-order valence-corrected chi connectivity index (χ1v) is 25.9. The smallest absolute Gasteiger partial charge is 0.341 e. The molecule has 0 aliphatic rings. The maximum absolute atomic E-state index is 12.5. The number of aryl methyl sites for hydroxylation is 2. The number of nitrogens with one attached hydrogen (secondary N) is 2. The summed E-state index contributed by atoms with van der Waals surface area (Å²) in [4.78, 5) is 3.78. The zero-order valence-electron chi connectivity index (χ0n) is 33.8. The topological polar surface area (TPSA) is 187 Å². The number of rotatable bonds is 8. The highest BCUT2D eigenvalue weighted by Gasteiger charge is 2.61. The van der Waals surface area contributed by atoms with Gasteiger partial charge < -0.3 is 4.57 Å². The zero-order chi connectivity index (χ0) is 56.7. The van der Waals surface area contributed by atoms with Crippen molar-refractivity contribution in [2.24, 2.45) is 14.1 Å². The van der Waals surface area contributed by atoms with E-state index in [-0.39, 0.29) is 5.82 Å². The third-order valence-electron chi connectivity index (χ3n) is 5.89. The average molecular weight is 1390 g/mol. The third-order valence-corrected chi connectivity index (χ3v) is 15.5. The molecule has 0 aliphatic carbocycles. The van der Waals surface area contributed by atoms with Crippen LogP contribution in [0.5, 0.6) is 0 Å². The summed E-state index contributed by atoms with van der Waals surface area (Å²) in [5.41, 5.74) is -24.6. The van der Waals surface area contributed by atoms with E-state index in [1.165, 1.54) is 36.8 Å². The lowest BCUT2D eigenvalue weighted by atomic mass is 10.4. The van der Waals surface area contributed by atoms with Gasteiger partial charge in [-0.3, -0.25) is 0 Å². The van der Waals surface area contributed by atoms with Crippen LogP contribution < -0.4 is 34.0 Å². The summed E-state index contributed by atoms with van der Waals surface area (Å²) in [6.45, 7) is -0.923. The quantitative estimate of drug-likeness (QED) is 0.111. The van der Waals surface area contributed by atoms with Crippen molar-refractivity contribution in [1.82, 2.24) is 22.4 Å². The van der Waals surface area contributed by atoms with Crippen molar-refractivity contribution in [3.8, 4) is 0 Å². The fraction of sp³-hybridized carbons (Fsp3) is 0.379. The van der Waals surface area contributed by atoms with E-state index in [1.807, 2.05) is 17.8 Å². The van der Waals surface area contributed by atoms with E-state index in [0.29, 0.717) is 3.57 Å². The van der Waals surface area contributed by atoms with Crippen LogP contribution in [0.1, 0.15) is 0 Å². The Morgan fingerprint density at radius 1 is 0.592 bits per heavy atom. The number of sulfonamides is 4. The Labute approximate surface area is 409 Å². The third kappa shape index (κ3) is 27.4. The maximum atomic E-state index is 12.5. The summed E-state index contributed by atoms with van der Waals surface area (Å²) < 4.78 is 342. The average Bonchev–Trinajstić information content (AvgIpc) is 3.80. The molecule has 14 nitrogen and oxygen atoms in total. The first-order valence-electron chi connectivity index (χ1n) is 16.3. The minimum atomic E-state index is -6.60. The molecule has 0 radical (unpaired) electrons. The van der Waals surface area contributed by atoms with Crippen molar-refractivity contribution < 1.29 is 156 Å². The van der Waals surface area contributed by atoms with Crippen molar-refractivity contribution in [3.63, 3.8) is 0 Å². The number of alkyl halides is 21. The van der Waals surface area contributed by atoms with Gasteiger partial charge in [0.1, 0.15) is 24.0 Å². The van der Waals surface area contributed by atoms with Gasteiger partial charge in [-0.15, -0.1) is 0 Å². The van der Waals surface area contributed by atoms with Gasteiger partial charge in [-0.25, -0.2) is 56.6 Å². The molecular weight excluding hydrogens is 1360 g/mol. The van der Waals surface area contributed by atoms with E-state index in [1.54, 1.807) is 42.5 Å². The Balaban J connectivity index is 0. The minimum absolute atomic E-state index is 0.176. The van der Waals surface area contributed by atoms with Crippen LogP contribution in [0, 0.1) is 18.8 Å². The first kappa shape index (κ1) is 69.6. The van der Waals surface area contributed by atoms with Gasteiger partial charge in [-0.2, -0.15) is 87.8 Å². The van der Waals surface area contributed by atoms with Crippen LogP contribution in [0.2, 0.25) is 0 Å². The Kier molecular flexibility index (Phi) is 26.1. The van der Waals surface area contributed by atoms with Gasteiger partial charge in [0, 0.05) is 23.0 Å². The predicted octanol–water partition coefficient (Wildman–Crippen LogP) is 4.56. The molecule has 0 fully saturated rings. The Morgan fingerprint density at radius 3 is 1.17 bits per heavy atom. The van der Waals surface area contributed by atoms with E-state index in [4.69, 9.17) is 0 Å². The number of hydrogen-bond acceptors (Lipinski definition) is 9. The van der Waals surface area contributed by atoms with Crippen LogP contribution in [0.15, 0.2) is 86.0 Å². The molecule has 0 unspecified atom stereocenters. The van der Waals surface area contributed by atoms with E-state index in [0.717, 1.165) is 20.3 Å². The molecule has 2 N–H and O–H groups in total. The molecule has 4 aromatic rings. The zero-order valence-corrected chi connectivity index (χ0v) is 41.3. The Bertz CT molecular complexity index is 2490. The molecule has 0 saturated heterocycles. The first-order chi connectivity index (χ1) is 31.3. The van der Waals surface area contributed by atoms with E-state index < -0.39 is 127 Å². The lowest BCUT2D eigenvalue weighted by Gasteiger charge is -2.13. The van der Waals surface area contributed by atoms with E-state index in [2.05, 4.69) is 27.6 Å². The van der Waals surface area contributed by atoms with Crippen molar-refractivity contribution in [2.45, 2.75) is 46.9 Å². The monoisotopic (exact) mass is 1390 g/mol. The second-order valence-corrected chi connectivity index (χ2v) is 23.1. The number of nitrogens with zero attached hydrogens (tertiary/aromatic N) is 4. The number of imidazole rings is 2. The number of halogens is 24. The van der Waals surface area contributed by atoms with Gasteiger partial charge in [0.2, 0.25) is 10.8 Å². The van der Waals surface area contributed by atoms with Crippen LogP contribution in [-0.2, 0) is 60.7 Å². The molecule has 0 amide bonds. The fourth-order valence-corrected chi connectivity index (χ4v) is 9.19. The van der Waals surface area contributed by atoms with Crippen LogP contribution in [-0.4, -0.2) is 92.5 Å². The molecule has 2 heterocycles. The van der Waals surface area contributed by atoms with Gasteiger partial charge in [0.25, 0.3) is 0 Å². The van der Waals surface area contributed by atoms with Crippen LogP contribution in [0.3, 0.4) is 0 Å². The van der Waals surface area contributed by atoms with Gasteiger partial charge in [-0.05, 0) is 71.1 Å². The highest BCUT2D eigenvalue weighted by Crippen LogP contribution is 2.33. The fourth-order valence-electron chi connectivity index (χ4n) is 2.79. The second kappa shape index (κ2) is 26.6. The van der Waals surface area contributed by atoms with Gasteiger partial charge in [0.05, 0.1) is 13.4 Å². The highest BCUT2D eigenvalue weighted by molar-refractivity contribution is 14.1. The molecule has 42 heteroatoms. The SMILES string of the molecule is C[n+]1ccn(CC(F)(F)F)c1.Cn1ccnc1.Fc1ccc(I)cc1.Fc1ccc([I+]CC(F)(F)C(F)(F)F)cc1.O=S(=O)(NS(=O)(=O)C(F)(F)F)C(F)(F)F.O=S(=O)(NS(=O)(=O)C(F)(F)F)C(F)(F)F. The normalized spacial score (nSPS) is 13.0. The van der Waals surface area contributed by atoms with Crippen LogP contribution in [0.25, 0.3) is 0 Å². The van der Waals surface area contributed by atoms with E-state index >= 15 is 0 Å². The summed E-state index contributed by atoms with van der Waals surface area (Å²) in [6, 6.07) is 10.9. The van der Waals surface area contributed by atoms with Crippen molar-refractivity contribution in [2.75, 3.05) is 4.43 Å². The predicted molar refractivity (Wildman–Crippen MR) is 201 cm³/mol. The van der Waals surface area contributed by atoms with Crippen molar-refractivity contribution in [3.05, 3.63) is 105 Å². The molecule has 4 rings (SSSR count). The minimum Gasteiger partial charge on any atom is -0.341 e. The molecule has 0 saturated carbocycles. The molecule has 410 valence electrons. The number of aromatic nitrogens is 4. The largest absolute Gasteiger partial charge is 0.512 e. The molecule has 0 aliphatic heterocycles. The summed E-state index contributed by atoms with van der Waals surface area (Å²) in [5, 5.41) is 0. The summed E-state index contributed by atoms with van der Waals surface area (Å²) in [7, 11) is -22.8. The molecule has 0 atom stereocenters. The summed E-state index contributed by atoms with van der Waals surface area (Å²) in [5.74, 6) is -5.38. The van der Waals surface area contributed by atoms with Gasteiger partial charge in [-0.1, -0.05) is 8.25 Å². The van der Waals surface area contributed by atoms with E-state index in [9.17, 15) is 130 Å². The second-order valence-electron chi connectivity index (χ2n) is 11.9. The van der Waals surface area contributed by atoms with Gasteiger partial charge in [0.15, 0.2) is 10.1 Å². The Morgan fingerprint density at radius 2 is 0.944 bits per heavy atom. The van der Waals surface area contributed by atoms with Crippen LogP contribution in [0.4, 0.5) is 96.6 Å². The maximum Gasteiger partial charge on any atom is 0.512 e. The lowest BCUT2D eigenvalue weighted by molar-refractivity contribution is -0.671. The number of hydrogen-bond donors (Lipinski definition) is 2. The highest BCUT2D eigenvalue weighted by atomic mass is 127. The molecular formula is C29H26F22I2N6O8S4+2. The van der Waals surface area contributed by atoms with Crippen molar-refractivity contribution >= 4 is 62.7 Å². The Hall–Kier alpha value is -3.50. The molecule has 2 aromatic carbocycles. The summed E-state index contributed by atoms with van der Waals surface area (Å²) in [6.07, 6.45) is 0.0749. The van der Waals surface area contributed by atoms with Crippen LogP contribution >= 0.6 is 22.6 Å². The van der Waals surface area contributed by atoms with Crippen molar-refractivity contribution in [1.29, 1.82) is 0 Å². The standard InChI is InChI=1S/C9H6F6I.C6H8F3N2.C6H4FI.C4H6N2.2C2HF6NO4S2/c10-6-1-3-7(4-2-6)16-5-8(11,12)9(13,14)15;1-10-2-3-11(5-10)4-6(7,8)9;7-5-1-3-6(8)4-2-5;1-6-3-2-5-4-6;2*3-1(4,5)14(10,11)9-15(12,13)2(6,7)8/h1-4H,5H2;2-3,5H,4H2,1H3;1-4H;2-4H,1H3;2*9H/q2*+1;;;;.